The normalized spacial score (nSPS) is 10.9. The Balaban J connectivity index is 1.34. The molecular weight excluding hydrogens is 514 g/mol. The van der Waals surface area contributed by atoms with E-state index in [1.807, 2.05) is 43.3 Å². The number of rotatable bonds is 8. The van der Waals surface area contributed by atoms with Gasteiger partial charge in [-0.2, -0.15) is 5.10 Å². The van der Waals surface area contributed by atoms with E-state index in [0.29, 0.717) is 26.8 Å². The van der Waals surface area contributed by atoms with E-state index in [1.165, 1.54) is 24.7 Å². The molecule has 0 bridgehead atoms. The van der Waals surface area contributed by atoms with Crippen LogP contribution >= 0.6 is 22.9 Å². The lowest BCUT2D eigenvalue weighted by atomic mass is 10.1. The maximum Gasteiger partial charge on any atom is 0.355 e. The summed E-state index contributed by atoms with van der Waals surface area (Å²) in [5.74, 6) is -0.932. The molecule has 188 valence electrons. The van der Waals surface area contributed by atoms with Crippen LogP contribution in [0.3, 0.4) is 0 Å². The van der Waals surface area contributed by atoms with Gasteiger partial charge in [-0.1, -0.05) is 47.5 Å². The van der Waals surface area contributed by atoms with Gasteiger partial charge >= 0.3 is 5.97 Å². The third kappa shape index (κ3) is 6.32. The number of halogens is 1. The van der Waals surface area contributed by atoms with Crippen molar-refractivity contribution < 1.29 is 23.9 Å². The van der Waals surface area contributed by atoms with Crippen molar-refractivity contribution in [1.82, 2.24) is 10.7 Å². The van der Waals surface area contributed by atoms with E-state index in [2.05, 4.69) is 15.8 Å². The van der Waals surface area contributed by atoms with E-state index < -0.39 is 11.9 Å². The quantitative estimate of drug-likeness (QED) is 0.143. The Morgan fingerprint density at radius 1 is 1.03 bits per heavy atom. The fourth-order valence-corrected chi connectivity index (χ4v) is 4.71. The van der Waals surface area contributed by atoms with Gasteiger partial charge in [0, 0.05) is 15.6 Å². The van der Waals surface area contributed by atoms with Gasteiger partial charge < -0.3 is 14.8 Å². The number of hydrogen-bond donors (Lipinski definition) is 2. The summed E-state index contributed by atoms with van der Waals surface area (Å²) in [4.78, 5) is 37.2. The minimum absolute atomic E-state index is 0.209. The van der Waals surface area contributed by atoms with E-state index in [9.17, 15) is 14.4 Å². The number of aryl methyl sites for hydroxylation is 1. The summed E-state index contributed by atoms with van der Waals surface area (Å²) in [5, 5.41) is 7.57. The number of fused-ring (bicyclic) bond motifs is 1. The predicted molar refractivity (Wildman–Crippen MR) is 144 cm³/mol. The van der Waals surface area contributed by atoms with Crippen LogP contribution in [0.15, 0.2) is 71.8 Å². The highest BCUT2D eigenvalue weighted by molar-refractivity contribution is 7.21. The van der Waals surface area contributed by atoms with Crippen molar-refractivity contribution in [2.45, 2.75) is 6.92 Å². The smallest absolute Gasteiger partial charge is 0.355 e. The molecule has 2 amide bonds. The van der Waals surface area contributed by atoms with E-state index in [4.69, 9.17) is 21.1 Å². The summed E-state index contributed by atoms with van der Waals surface area (Å²) in [7, 11) is 1.44. The lowest BCUT2D eigenvalue weighted by molar-refractivity contribution is -0.120. The second-order valence-electron chi connectivity index (χ2n) is 7.88. The molecule has 37 heavy (non-hydrogen) atoms. The molecule has 0 atom stereocenters. The summed E-state index contributed by atoms with van der Waals surface area (Å²) < 4.78 is 11.8. The van der Waals surface area contributed by atoms with Crippen molar-refractivity contribution >= 4 is 57.0 Å². The molecule has 8 nitrogen and oxygen atoms in total. The first-order valence-electron chi connectivity index (χ1n) is 11.1. The van der Waals surface area contributed by atoms with E-state index in [0.717, 1.165) is 15.6 Å². The Hall–Kier alpha value is -4.21. The number of hydrazone groups is 1. The minimum Gasteiger partial charge on any atom is -0.493 e. The summed E-state index contributed by atoms with van der Waals surface area (Å²) in [6.07, 6.45) is 1.40. The lowest BCUT2D eigenvalue weighted by Crippen LogP contribution is -2.34. The van der Waals surface area contributed by atoms with Gasteiger partial charge in [0.25, 0.3) is 11.8 Å². The largest absolute Gasteiger partial charge is 0.493 e. The van der Waals surface area contributed by atoms with Gasteiger partial charge in [-0.05, 0) is 48.9 Å². The van der Waals surface area contributed by atoms with E-state index in [1.54, 1.807) is 30.3 Å². The fraction of sp³-hybridized carbons (Fsp3) is 0.111. The molecule has 0 spiro atoms. The summed E-state index contributed by atoms with van der Waals surface area (Å²) >= 11 is 7.63. The molecule has 0 saturated heterocycles. The number of nitrogens with one attached hydrogen (secondary N) is 2. The van der Waals surface area contributed by atoms with Crippen LogP contribution in [0.1, 0.15) is 31.2 Å². The molecule has 0 aliphatic rings. The van der Waals surface area contributed by atoms with Crippen molar-refractivity contribution in [2.24, 2.45) is 5.10 Å². The van der Waals surface area contributed by atoms with Crippen molar-refractivity contribution in [1.29, 1.82) is 0 Å². The molecule has 0 fully saturated rings. The monoisotopic (exact) mass is 535 g/mol. The summed E-state index contributed by atoms with van der Waals surface area (Å²) in [6, 6.07) is 19.3. The third-order valence-corrected chi connectivity index (χ3v) is 6.89. The highest BCUT2D eigenvalue weighted by Gasteiger charge is 2.20. The second kappa shape index (κ2) is 11.7. The number of carbonyl (C=O) groups is 3. The van der Waals surface area contributed by atoms with E-state index >= 15 is 0 Å². The number of esters is 1. The zero-order valence-corrected chi connectivity index (χ0v) is 21.5. The molecule has 1 aromatic heterocycles. The maximum atomic E-state index is 12.8. The Morgan fingerprint density at radius 3 is 2.51 bits per heavy atom. The molecule has 0 unspecified atom stereocenters. The number of hydrogen-bond acceptors (Lipinski definition) is 7. The topological polar surface area (TPSA) is 106 Å². The van der Waals surface area contributed by atoms with Crippen LogP contribution < -0.4 is 20.2 Å². The Labute approximate surface area is 221 Å². The van der Waals surface area contributed by atoms with Gasteiger partial charge in [0.1, 0.15) is 4.88 Å². The first kappa shape index (κ1) is 25.9. The average Bonchev–Trinajstić information content (AvgIpc) is 3.25. The van der Waals surface area contributed by atoms with E-state index in [-0.39, 0.29) is 18.2 Å². The number of ether oxygens (including phenoxy) is 2. The van der Waals surface area contributed by atoms with Crippen molar-refractivity contribution in [3.05, 3.63) is 93.3 Å². The van der Waals surface area contributed by atoms with Crippen LogP contribution in [-0.2, 0) is 4.79 Å². The predicted octanol–water partition coefficient (Wildman–Crippen LogP) is 4.97. The molecule has 4 rings (SSSR count). The van der Waals surface area contributed by atoms with Crippen LogP contribution in [0, 0.1) is 6.92 Å². The van der Waals surface area contributed by atoms with Crippen LogP contribution in [0.4, 0.5) is 0 Å². The lowest BCUT2D eigenvalue weighted by Gasteiger charge is -2.09. The molecule has 1 heterocycles. The summed E-state index contributed by atoms with van der Waals surface area (Å²) in [6.45, 7) is 1.69. The van der Waals surface area contributed by atoms with Crippen LogP contribution in [0.2, 0.25) is 5.02 Å². The number of amides is 2. The number of methoxy groups -OCH3 is 1. The number of thiophene rings is 1. The van der Waals surface area contributed by atoms with Gasteiger partial charge in [-0.25, -0.2) is 10.2 Å². The number of nitrogens with zero attached hydrogens (tertiary/aromatic N) is 1. The van der Waals surface area contributed by atoms with Gasteiger partial charge in [-0.15, -0.1) is 11.3 Å². The van der Waals surface area contributed by atoms with Gasteiger partial charge in [0.2, 0.25) is 0 Å². The zero-order chi connectivity index (χ0) is 26.4. The molecule has 3 aromatic carbocycles. The average molecular weight is 536 g/mol. The standard InChI is InChI=1S/C27H22ClN3O5S/c1-16-7-10-18(11-8-16)26(33)29-15-23(32)31-30-14-17-9-12-20(21(13-17)35-2)36-27(34)25-24(28)19-5-3-4-6-22(19)37-25/h3-14H,15H2,1-2H3,(H,29,33)(H,31,32)/b30-14-. The SMILES string of the molecule is COc1cc(/C=N\NC(=O)CNC(=O)c2ccc(C)cc2)ccc1OC(=O)c1sc2ccccc2c1Cl. The van der Waals surface area contributed by atoms with Gasteiger partial charge in [0.15, 0.2) is 11.5 Å². The molecule has 0 aliphatic carbocycles. The van der Waals surface area contributed by atoms with Crippen LogP contribution in [-0.4, -0.2) is 37.7 Å². The number of benzene rings is 3. The molecule has 10 heteroatoms. The molecule has 0 radical (unpaired) electrons. The highest BCUT2D eigenvalue weighted by atomic mass is 35.5. The Kier molecular flexibility index (Phi) is 8.17. The molecule has 0 saturated carbocycles. The van der Waals surface area contributed by atoms with Crippen LogP contribution in [0.25, 0.3) is 10.1 Å². The first-order valence-corrected chi connectivity index (χ1v) is 12.3. The fourth-order valence-electron chi connectivity index (χ4n) is 3.33. The maximum absolute atomic E-state index is 12.8. The second-order valence-corrected chi connectivity index (χ2v) is 9.31. The molecule has 0 aliphatic heterocycles. The minimum atomic E-state index is -0.592. The van der Waals surface area contributed by atoms with Crippen molar-refractivity contribution in [2.75, 3.05) is 13.7 Å². The molecule has 2 N–H and O–H groups in total. The zero-order valence-electron chi connectivity index (χ0n) is 19.9. The first-order chi connectivity index (χ1) is 17.9. The molecule has 4 aromatic rings. The van der Waals surface area contributed by atoms with Gasteiger partial charge in [-0.3, -0.25) is 9.59 Å². The molecular formula is C27H22ClN3O5S. The number of carbonyl (C=O) groups excluding carboxylic acids is 3. The van der Waals surface area contributed by atoms with Crippen molar-refractivity contribution in [3.8, 4) is 11.5 Å². The third-order valence-electron chi connectivity index (χ3n) is 5.24. The Morgan fingerprint density at radius 2 is 1.78 bits per heavy atom. The van der Waals surface area contributed by atoms with Gasteiger partial charge in [0.05, 0.1) is 24.9 Å². The van der Waals surface area contributed by atoms with Crippen LogP contribution in [0.5, 0.6) is 11.5 Å². The van der Waals surface area contributed by atoms with Crippen molar-refractivity contribution in [3.63, 3.8) is 0 Å². The Bertz CT molecular complexity index is 1500. The highest BCUT2D eigenvalue weighted by Crippen LogP contribution is 2.37. The summed E-state index contributed by atoms with van der Waals surface area (Å²) in [5.41, 5.74) is 4.43.